The number of furan rings is 1. The first-order chi connectivity index (χ1) is 8.63. The van der Waals surface area contributed by atoms with Crippen LogP contribution in [0.15, 0.2) is 27.3 Å². The van der Waals surface area contributed by atoms with Crippen LogP contribution in [0.3, 0.4) is 0 Å². The highest BCUT2D eigenvalue weighted by Crippen LogP contribution is 2.16. The molecule has 2 aromatic rings. The van der Waals surface area contributed by atoms with Crippen LogP contribution in [0.2, 0.25) is 0 Å². The second-order valence-electron chi connectivity index (χ2n) is 4.00. The Bertz CT molecular complexity index is 557. The fraction of sp³-hybridized carbons (Fsp3) is 0.385. The van der Waals surface area contributed by atoms with Crippen molar-refractivity contribution >= 4 is 21.7 Å². The van der Waals surface area contributed by atoms with E-state index in [1.54, 1.807) is 12.1 Å². The first-order valence-corrected chi connectivity index (χ1v) is 6.77. The van der Waals surface area contributed by atoms with Gasteiger partial charge >= 0.3 is 0 Å². The number of carbonyl (C=O) groups is 1. The van der Waals surface area contributed by atoms with Gasteiger partial charge < -0.3 is 4.42 Å². The summed E-state index contributed by atoms with van der Waals surface area (Å²) in [7, 11) is 0. The molecule has 0 aromatic carbocycles. The quantitative estimate of drug-likeness (QED) is 0.796. The summed E-state index contributed by atoms with van der Waals surface area (Å²) < 4.78 is 7.70. The molecule has 0 aliphatic carbocycles. The van der Waals surface area contributed by atoms with Gasteiger partial charge in [-0.3, -0.25) is 9.48 Å². The maximum atomic E-state index is 12.0. The Balaban J connectivity index is 2.18. The number of hydrogen-bond donors (Lipinski definition) is 0. The van der Waals surface area contributed by atoms with Crippen LogP contribution in [0.5, 0.6) is 0 Å². The van der Waals surface area contributed by atoms with Gasteiger partial charge in [0.2, 0.25) is 5.78 Å². The molecule has 0 aliphatic heterocycles. The molecule has 0 unspecified atom stereocenters. The van der Waals surface area contributed by atoms with E-state index in [1.807, 2.05) is 17.7 Å². The molecule has 2 rings (SSSR count). The van der Waals surface area contributed by atoms with Gasteiger partial charge in [0.25, 0.3) is 0 Å². The predicted molar refractivity (Wildman–Crippen MR) is 71.7 cm³/mol. The molecule has 5 heteroatoms. The summed E-state index contributed by atoms with van der Waals surface area (Å²) >= 11 is 3.19. The minimum Gasteiger partial charge on any atom is -0.446 e. The van der Waals surface area contributed by atoms with Crippen LogP contribution in [-0.4, -0.2) is 15.6 Å². The average molecular weight is 311 g/mol. The SMILES string of the molecule is CCc1cc(CC(=O)c2ccc(Br)o2)n(CC)n1. The summed E-state index contributed by atoms with van der Waals surface area (Å²) in [5, 5.41) is 4.42. The predicted octanol–water partition coefficient (Wildman–Crippen LogP) is 3.25. The molecule has 0 amide bonds. The smallest absolute Gasteiger partial charge is 0.203 e. The average Bonchev–Trinajstić information content (AvgIpc) is 2.95. The van der Waals surface area contributed by atoms with E-state index in [4.69, 9.17) is 4.42 Å². The van der Waals surface area contributed by atoms with Crippen LogP contribution in [-0.2, 0) is 19.4 Å². The van der Waals surface area contributed by atoms with E-state index >= 15 is 0 Å². The minimum atomic E-state index is -0.0297. The zero-order chi connectivity index (χ0) is 13.1. The van der Waals surface area contributed by atoms with Crippen molar-refractivity contribution in [3.63, 3.8) is 0 Å². The van der Waals surface area contributed by atoms with Gasteiger partial charge in [-0.1, -0.05) is 6.92 Å². The third kappa shape index (κ3) is 2.72. The zero-order valence-corrected chi connectivity index (χ0v) is 12.0. The Kier molecular flexibility index (Phi) is 4.01. The highest BCUT2D eigenvalue weighted by molar-refractivity contribution is 9.10. The summed E-state index contributed by atoms with van der Waals surface area (Å²) in [6, 6.07) is 5.39. The van der Waals surface area contributed by atoms with Crippen molar-refractivity contribution in [3.05, 3.63) is 40.0 Å². The molecule has 0 fully saturated rings. The Labute approximate surface area is 114 Å². The van der Waals surface area contributed by atoms with Gasteiger partial charge in [0.05, 0.1) is 12.1 Å². The molecule has 0 spiro atoms. The Morgan fingerprint density at radius 2 is 2.22 bits per heavy atom. The second-order valence-corrected chi connectivity index (χ2v) is 4.78. The lowest BCUT2D eigenvalue weighted by molar-refractivity contribution is 0.0962. The number of carbonyl (C=O) groups excluding carboxylic acids is 1. The van der Waals surface area contributed by atoms with Gasteiger partial charge in [0.1, 0.15) is 0 Å². The fourth-order valence-electron chi connectivity index (χ4n) is 1.82. The van der Waals surface area contributed by atoms with Crippen LogP contribution in [0.25, 0.3) is 0 Å². The number of nitrogens with zero attached hydrogens (tertiary/aromatic N) is 2. The van der Waals surface area contributed by atoms with E-state index in [1.165, 1.54) is 0 Å². The Morgan fingerprint density at radius 1 is 1.44 bits per heavy atom. The van der Waals surface area contributed by atoms with E-state index in [2.05, 4.69) is 28.0 Å². The lowest BCUT2D eigenvalue weighted by Gasteiger charge is -2.02. The van der Waals surface area contributed by atoms with E-state index in [9.17, 15) is 4.79 Å². The highest BCUT2D eigenvalue weighted by atomic mass is 79.9. The molecule has 4 nitrogen and oxygen atoms in total. The standard InChI is InChI=1S/C13H15BrN2O2/c1-3-9-7-10(16(4-2)15-9)8-11(17)12-5-6-13(14)18-12/h5-7H,3-4,8H2,1-2H3. The van der Waals surface area contributed by atoms with E-state index in [0.29, 0.717) is 16.9 Å². The topological polar surface area (TPSA) is 48.0 Å². The van der Waals surface area contributed by atoms with Gasteiger partial charge in [-0.15, -0.1) is 0 Å². The molecule has 2 heterocycles. The third-order valence-electron chi connectivity index (χ3n) is 2.77. The van der Waals surface area contributed by atoms with Gasteiger partial charge in [0, 0.05) is 12.2 Å². The number of halogens is 1. The number of rotatable bonds is 5. The normalized spacial score (nSPS) is 10.8. The van der Waals surface area contributed by atoms with Crippen LogP contribution in [0.4, 0.5) is 0 Å². The zero-order valence-electron chi connectivity index (χ0n) is 10.4. The van der Waals surface area contributed by atoms with E-state index < -0.39 is 0 Å². The molecule has 0 saturated heterocycles. The van der Waals surface area contributed by atoms with Gasteiger partial charge in [-0.25, -0.2) is 0 Å². The number of hydrogen-bond acceptors (Lipinski definition) is 3. The molecule has 0 bridgehead atoms. The van der Waals surface area contributed by atoms with Crippen LogP contribution in [0.1, 0.15) is 35.8 Å². The molecule has 2 aromatic heterocycles. The molecule has 96 valence electrons. The fourth-order valence-corrected chi connectivity index (χ4v) is 2.13. The summed E-state index contributed by atoms with van der Waals surface area (Å²) in [4.78, 5) is 12.0. The third-order valence-corrected chi connectivity index (χ3v) is 3.19. The van der Waals surface area contributed by atoms with Crippen molar-refractivity contribution in [2.75, 3.05) is 0 Å². The molecule has 18 heavy (non-hydrogen) atoms. The van der Waals surface area contributed by atoms with Crippen molar-refractivity contribution in [3.8, 4) is 0 Å². The summed E-state index contributed by atoms with van der Waals surface area (Å²) in [6.45, 7) is 4.84. The second kappa shape index (κ2) is 5.52. The molecule has 0 aliphatic rings. The molecule has 0 saturated carbocycles. The number of ketones is 1. The van der Waals surface area contributed by atoms with Crippen LogP contribution < -0.4 is 0 Å². The van der Waals surface area contributed by atoms with Crippen molar-refractivity contribution in [1.82, 2.24) is 9.78 Å². The lowest BCUT2D eigenvalue weighted by atomic mass is 10.1. The first kappa shape index (κ1) is 13.1. The van der Waals surface area contributed by atoms with E-state index in [0.717, 1.165) is 24.4 Å². The van der Waals surface area contributed by atoms with Crippen LogP contribution >= 0.6 is 15.9 Å². The Morgan fingerprint density at radius 3 is 2.78 bits per heavy atom. The molecule has 0 atom stereocenters. The Hall–Kier alpha value is -1.36. The number of aryl methyl sites for hydroxylation is 2. The van der Waals surface area contributed by atoms with Gasteiger partial charge in [-0.05, 0) is 47.5 Å². The van der Waals surface area contributed by atoms with Gasteiger partial charge in [-0.2, -0.15) is 5.10 Å². The number of Topliss-reactive ketones (excluding diaryl/α,β-unsaturated/α-hetero) is 1. The molecular weight excluding hydrogens is 296 g/mol. The van der Waals surface area contributed by atoms with Crippen molar-refractivity contribution < 1.29 is 9.21 Å². The van der Waals surface area contributed by atoms with Crippen LogP contribution in [0, 0.1) is 0 Å². The maximum absolute atomic E-state index is 12.0. The number of aromatic nitrogens is 2. The lowest BCUT2D eigenvalue weighted by Crippen LogP contribution is -2.09. The summed E-state index contributed by atoms with van der Waals surface area (Å²) in [5.74, 6) is 0.349. The summed E-state index contributed by atoms with van der Waals surface area (Å²) in [5.41, 5.74) is 1.95. The largest absolute Gasteiger partial charge is 0.446 e. The maximum Gasteiger partial charge on any atom is 0.203 e. The van der Waals surface area contributed by atoms with Crippen molar-refractivity contribution in [2.24, 2.45) is 0 Å². The van der Waals surface area contributed by atoms with Crippen molar-refractivity contribution in [2.45, 2.75) is 33.2 Å². The van der Waals surface area contributed by atoms with Gasteiger partial charge in [0.15, 0.2) is 10.4 Å². The highest BCUT2D eigenvalue weighted by Gasteiger charge is 2.15. The minimum absolute atomic E-state index is 0.0297. The molecular formula is C13H15BrN2O2. The molecule has 0 radical (unpaired) electrons. The molecule has 0 N–H and O–H groups in total. The summed E-state index contributed by atoms with van der Waals surface area (Å²) in [6.07, 6.45) is 1.20. The van der Waals surface area contributed by atoms with Crippen molar-refractivity contribution in [1.29, 1.82) is 0 Å². The monoisotopic (exact) mass is 310 g/mol. The first-order valence-electron chi connectivity index (χ1n) is 5.98. The van der Waals surface area contributed by atoms with E-state index in [-0.39, 0.29) is 5.78 Å².